The molecule has 0 saturated heterocycles. The maximum absolute atomic E-state index is 14.1. The van der Waals surface area contributed by atoms with E-state index >= 15 is 0 Å². The van der Waals surface area contributed by atoms with Crippen LogP contribution in [0.25, 0.3) is 0 Å². The summed E-state index contributed by atoms with van der Waals surface area (Å²) in [5.74, 6) is -0.765. The molecule has 2 unspecified atom stereocenters. The van der Waals surface area contributed by atoms with Crippen LogP contribution in [0, 0.1) is 5.82 Å². The second kappa shape index (κ2) is 10.0. The highest BCUT2D eigenvalue weighted by molar-refractivity contribution is 5.82. The van der Waals surface area contributed by atoms with Gasteiger partial charge >= 0.3 is 0 Å². The Balaban J connectivity index is 2.45. The summed E-state index contributed by atoms with van der Waals surface area (Å²) >= 11 is 0. The number of carbonyl (C=O) groups is 1. The smallest absolute Gasteiger partial charge is 0.275 e. The van der Waals surface area contributed by atoms with Gasteiger partial charge in [-0.2, -0.15) is 5.01 Å². The molecule has 0 spiro atoms. The molecule has 0 aromatic heterocycles. The highest BCUT2D eigenvalue weighted by atomic mass is 19.1. The maximum Gasteiger partial charge on any atom is 0.275 e. The van der Waals surface area contributed by atoms with E-state index in [4.69, 9.17) is 5.73 Å². The molecule has 2 rings (SSSR count). The number of hydrogen-bond donors (Lipinski definition) is 1. The van der Waals surface area contributed by atoms with Crippen LogP contribution in [0.4, 0.5) is 10.1 Å². The number of hydrogen-bond acceptors (Lipinski definition) is 2. The summed E-state index contributed by atoms with van der Waals surface area (Å²) < 4.78 is 14.4. The summed E-state index contributed by atoms with van der Waals surface area (Å²) in [6.45, 7) is 13.7. The van der Waals surface area contributed by atoms with Crippen LogP contribution in [0.1, 0.15) is 30.9 Å². The molecule has 0 aliphatic rings. The average molecular weight is 397 g/mol. The van der Waals surface area contributed by atoms with E-state index in [1.165, 1.54) is 6.07 Å². The van der Waals surface area contributed by atoms with Crippen LogP contribution in [-0.2, 0) is 11.3 Å². The summed E-state index contributed by atoms with van der Waals surface area (Å²) in [6.07, 6.45) is 3.53. The summed E-state index contributed by atoms with van der Waals surface area (Å²) in [7, 11) is 0. The third kappa shape index (κ3) is 5.12. The zero-order valence-electron chi connectivity index (χ0n) is 17.4. The Morgan fingerprint density at radius 2 is 1.90 bits per heavy atom. The Morgan fingerprint density at radius 1 is 1.21 bits per heavy atom. The van der Waals surface area contributed by atoms with Gasteiger partial charge in [-0.25, -0.2) is 8.98 Å². The number of likely N-dealkylation sites (N-methyl/N-ethyl adjacent to an activating group) is 1. The normalized spacial score (nSPS) is 13.9. The molecule has 0 radical (unpaired) electrons. The summed E-state index contributed by atoms with van der Waals surface area (Å²) in [5, 5.41) is 1.82. The van der Waals surface area contributed by atoms with Crippen LogP contribution in [0.3, 0.4) is 0 Å². The first-order valence-electron chi connectivity index (χ1n) is 9.87. The first-order valence-corrected chi connectivity index (χ1v) is 9.87. The van der Waals surface area contributed by atoms with Gasteiger partial charge < -0.3 is 5.73 Å². The number of carbonyl (C=O) groups excluding carboxylic acids is 1. The molecule has 0 aliphatic heterocycles. The van der Waals surface area contributed by atoms with Gasteiger partial charge in [0.25, 0.3) is 5.91 Å². The molecule has 2 atom stereocenters. The topological polar surface area (TPSA) is 46.3 Å². The van der Waals surface area contributed by atoms with Gasteiger partial charge in [0.05, 0.1) is 24.7 Å². The molecule has 2 N–H and O–H groups in total. The zero-order valence-corrected chi connectivity index (χ0v) is 17.4. The fraction of sp³-hybridized carbons (Fsp3) is 0.292. The van der Waals surface area contributed by atoms with E-state index in [2.05, 4.69) is 13.2 Å². The number of nitrogen functional groups attached to an aromatic ring is 1. The van der Waals surface area contributed by atoms with E-state index in [-0.39, 0.29) is 17.5 Å². The van der Waals surface area contributed by atoms with Gasteiger partial charge in [0.15, 0.2) is 0 Å². The van der Waals surface area contributed by atoms with E-state index in [9.17, 15) is 9.18 Å². The highest BCUT2D eigenvalue weighted by Gasteiger charge is 2.38. The Morgan fingerprint density at radius 3 is 2.45 bits per heavy atom. The number of quaternary nitrogens is 1. The van der Waals surface area contributed by atoms with Crippen LogP contribution in [0.2, 0.25) is 0 Å². The van der Waals surface area contributed by atoms with Crippen molar-refractivity contribution < 1.29 is 13.8 Å². The van der Waals surface area contributed by atoms with E-state index in [1.807, 2.05) is 49.2 Å². The second-order valence-electron chi connectivity index (χ2n) is 7.24. The Bertz CT molecular complexity index is 852. The largest absolute Gasteiger partial charge is 0.396 e. The molecular weight excluding hydrogens is 365 g/mol. The van der Waals surface area contributed by atoms with Gasteiger partial charge in [0, 0.05) is 5.56 Å². The highest BCUT2D eigenvalue weighted by Crippen LogP contribution is 2.26. The SMILES string of the molecule is C=CCN(C(=O)C(C)c1ccccc1)[N+](CC)(CC=C)Cc1ccc(N)c(F)c1. The lowest BCUT2D eigenvalue weighted by molar-refractivity contribution is -1.03. The number of halogens is 1. The number of nitrogens with two attached hydrogens (primary N) is 1. The van der Waals surface area contributed by atoms with Crippen LogP contribution < -0.4 is 5.73 Å². The van der Waals surface area contributed by atoms with Gasteiger partial charge in [-0.05, 0) is 37.6 Å². The predicted octanol–water partition coefficient (Wildman–Crippen LogP) is 4.66. The Kier molecular flexibility index (Phi) is 7.74. The van der Waals surface area contributed by atoms with Crippen LogP contribution in [0.5, 0.6) is 0 Å². The van der Waals surface area contributed by atoms with Gasteiger partial charge in [-0.15, -0.1) is 6.58 Å². The Labute approximate surface area is 173 Å². The molecule has 29 heavy (non-hydrogen) atoms. The molecule has 0 aliphatic carbocycles. The molecule has 0 heterocycles. The van der Waals surface area contributed by atoms with Crippen LogP contribution in [-0.4, -0.2) is 35.1 Å². The van der Waals surface area contributed by atoms with Crippen molar-refractivity contribution in [2.24, 2.45) is 0 Å². The maximum atomic E-state index is 14.1. The van der Waals surface area contributed by atoms with Crippen molar-refractivity contribution in [3.05, 3.63) is 90.8 Å². The first-order chi connectivity index (χ1) is 13.9. The third-order valence-electron chi connectivity index (χ3n) is 5.34. The lowest BCUT2D eigenvalue weighted by Gasteiger charge is -2.45. The monoisotopic (exact) mass is 396 g/mol. The lowest BCUT2D eigenvalue weighted by Crippen LogP contribution is -2.62. The fourth-order valence-electron chi connectivity index (χ4n) is 3.61. The standard InChI is InChI=1S/C24H31FN3O/c1-5-15-27(24(29)19(4)21-11-9-8-10-12-21)28(7-3,16-6-2)18-20-13-14-23(26)22(25)17-20/h5-6,8-14,17,19H,1-2,7,15-16,18,26H2,3-4H3/q+1. The van der Waals surface area contributed by atoms with Crippen molar-refractivity contribution in [1.29, 1.82) is 0 Å². The van der Waals surface area contributed by atoms with Gasteiger partial charge in [0.1, 0.15) is 18.9 Å². The number of anilines is 1. The third-order valence-corrected chi connectivity index (χ3v) is 5.34. The zero-order chi connectivity index (χ0) is 21.4. The van der Waals surface area contributed by atoms with Gasteiger partial charge in [-0.1, -0.05) is 49.1 Å². The molecule has 0 bridgehead atoms. The number of amides is 1. The molecule has 0 saturated carbocycles. The van der Waals surface area contributed by atoms with Crippen molar-refractivity contribution in [2.45, 2.75) is 26.3 Å². The minimum absolute atomic E-state index is 0.00397. The van der Waals surface area contributed by atoms with Crippen molar-refractivity contribution in [3.8, 4) is 0 Å². The van der Waals surface area contributed by atoms with E-state index in [0.717, 1.165) is 11.1 Å². The number of rotatable bonds is 10. The van der Waals surface area contributed by atoms with Crippen LogP contribution >= 0.6 is 0 Å². The molecule has 2 aromatic rings. The van der Waals surface area contributed by atoms with Crippen molar-refractivity contribution in [1.82, 2.24) is 5.01 Å². The lowest BCUT2D eigenvalue weighted by atomic mass is 10.00. The molecule has 0 fully saturated rings. The van der Waals surface area contributed by atoms with E-state index in [1.54, 1.807) is 24.3 Å². The van der Waals surface area contributed by atoms with E-state index in [0.29, 0.717) is 30.8 Å². The minimum Gasteiger partial charge on any atom is -0.396 e. The summed E-state index contributed by atoms with van der Waals surface area (Å²) in [4.78, 5) is 13.6. The van der Waals surface area contributed by atoms with Crippen molar-refractivity contribution in [3.63, 3.8) is 0 Å². The van der Waals surface area contributed by atoms with Gasteiger partial charge in [-0.3, -0.25) is 4.79 Å². The molecule has 154 valence electrons. The average Bonchev–Trinajstić information content (AvgIpc) is 2.74. The quantitative estimate of drug-likeness (QED) is 0.275. The Hall–Kier alpha value is -2.92. The summed E-state index contributed by atoms with van der Waals surface area (Å²) in [6, 6.07) is 14.5. The van der Waals surface area contributed by atoms with Crippen LogP contribution in [0.15, 0.2) is 73.8 Å². The fourth-order valence-corrected chi connectivity index (χ4v) is 3.61. The second-order valence-corrected chi connectivity index (χ2v) is 7.24. The van der Waals surface area contributed by atoms with E-state index < -0.39 is 5.82 Å². The summed E-state index contributed by atoms with van der Waals surface area (Å²) in [5.41, 5.74) is 7.47. The predicted molar refractivity (Wildman–Crippen MR) is 117 cm³/mol. The molecular formula is C24H31FN3O+. The molecule has 2 aromatic carbocycles. The van der Waals surface area contributed by atoms with Crippen molar-refractivity contribution >= 4 is 11.6 Å². The molecule has 4 nitrogen and oxygen atoms in total. The van der Waals surface area contributed by atoms with Crippen molar-refractivity contribution in [2.75, 3.05) is 25.4 Å². The molecule has 1 amide bonds. The molecule has 5 heteroatoms. The first kappa shape index (κ1) is 22.4. The number of benzene rings is 2. The minimum atomic E-state index is -0.449. The number of nitrogens with zero attached hydrogens (tertiary/aromatic N) is 2. The van der Waals surface area contributed by atoms with Gasteiger partial charge in [0.2, 0.25) is 0 Å².